The fraction of sp³-hybridized carbons (Fsp3) is 0.444. The first-order valence-electron chi connectivity index (χ1n) is 4.01. The van der Waals surface area contributed by atoms with Crippen molar-refractivity contribution < 1.29 is 9.90 Å². The zero-order valence-electron chi connectivity index (χ0n) is 7.69. The van der Waals surface area contributed by atoms with Gasteiger partial charge in [0.05, 0.1) is 11.1 Å². The van der Waals surface area contributed by atoms with E-state index in [1.54, 1.807) is 32.4 Å². The first-order chi connectivity index (χ1) is 6.02. The van der Waals surface area contributed by atoms with E-state index in [4.69, 9.17) is 5.11 Å². The molecule has 0 fully saturated rings. The van der Waals surface area contributed by atoms with Crippen LogP contribution in [0.15, 0.2) is 18.6 Å². The van der Waals surface area contributed by atoms with Crippen LogP contribution in [0.5, 0.6) is 0 Å². The lowest BCUT2D eigenvalue weighted by atomic mass is 9.88. The normalized spacial score (nSPS) is 11.2. The highest BCUT2D eigenvalue weighted by Crippen LogP contribution is 2.20. The summed E-state index contributed by atoms with van der Waals surface area (Å²) in [5.41, 5.74) is -0.0781. The topological polar surface area (TPSA) is 63.1 Å². The van der Waals surface area contributed by atoms with E-state index in [0.29, 0.717) is 12.1 Å². The molecule has 0 aromatic carbocycles. The molecule has 0 spiro atoms. The molecule has 1 aromatic rings. The van der Waals surface area contributed by atoms with Crippen molar-refractivity contribution in [1.82, 2.24) is 9.97 Å². The van der Waals surface area contributed by atoms with E-state index in [0.717, 1.165) is 0 Å². The van der Waals surface area contributed by atoms with Gasteiger partial charge in [0.25, 0.3) is 0 Å². The molecule has 1 N–H and O–H groups in total. The van der Waals surface area contributed by atoms with Gasteiger partial charge in [0, 0.05) is 25.0 Å². The van der Waals surface area contributed by atoms with Crippen molar-refractivity contribution in [3.8, 4) is 0 Å². The molecule has 0 saturated carbocycles. The maximum absolute atomic E-state index is 10.8. The molecule has 4 nitrogen and oxygen atoms in total. The molecule has 1 heterocycles. The average molecular weight is 180 g/mol. The quantitative estimate of drug-likeness (QED) is 0.757. The van der Waals surface area contributed by atoms with Crippen LogP contribution < -0.4 is 0 Å². The van der Waals surface area contributed by atoms with Crippen molar-refractivity contribution in [1.29, 1.82) is 0 Å². The molecule has 0 aliphatic carbocycles. The summed E-state index contributed by atoms with van der Waals surface area (Å²) < 4.78 is 0. The summed E-state index contributed by atoms with van der Waals surface area (Å²) in [6, 6.07) is 0. The van der Waals surface area contributed by atoms with Gasteiger partial charge in [0.2, 0.25) is 0 Å². The highest BCUT2D eigenvalue weighted by Gasteiger charge is 2.27. The predicted octanol–water partition coefficient (Wildman–Crippen LogP) is 1.13. The minimum atomic E-state index is -0.821. The molecule has 4 heteroatoms. The Balaban J connectivity index is 2.75. The smallest absolute Gasteiger partial charge is 0.309 e. The molecule has 0 aliphatic rings. The lowest BCUT2D eigenvalue weighted by molar-refractivity contribution is -0.146. The SMILES string of the molecule is CC(C)(Cc1cnccn1)C(=O)O. The maximum Gasteiger partial charge on any atom is 0.309 e. The average Bonchev–Trinajstić information content (AvgIpc) is 2.05. The molecule has 0 aliphatic heterocycles. The van der Waals surface area contributed by atoms with Gasteiger partial charge in [-0.15, -0.1) is 0 Å². The number of aromatic nitrogens is 2. The Morgan fingerprint density at radius 3 is 2.69 bits per heavy atom. The molecule has 0 atom stereocenters. The zero-order chi connectivity index (χ0) is 9.90. The Kier molecular flexibility index (Phi) is 2.60. The molecule has 1 rings (SSSR count). The van der Waals surface area contributed by atoms with Crippen LogP contribution in [0, 0.1) is 5.41 Å². The van der Waals surface area contributed by atoms with Crippen LogP contribution in [0.2, 0.25) is 0 Å². The van der Waals surface area contributed by atoms with Gasteiger partial charge < -0.3 is 5.11 Å². The summed E-state index contributed by atoms with van der Waals surface area (Å²) in [7, 11) is 0. The van der Waals surface area contributed by atoms with Crippen LogP contribution in [0.3, 0.4) is 0 Å². The monoisotopic (exact) mass is 180 g/mol. The van der Waals surface area contributed by atoms with Gasteiger partial charge >= 0.3 is 5.97 Å². The van der Waals surface area contributed by atoms with Gasteiger partial charge in [-0.05, 0) is 13.8 Å². The second-order valence-corrected chi connectivity index (χ2v) is 3.56. The number of hydrogen-bond acceptors (Lipinski definition) is 3. The number of carboxylic acids is 1. The number of carbonyl (C=O) groups is 1. The predicted molar refractivity (Wildman–Crippen MR) is 47.2 cm³/mol. The minimum Gasteiger partial charge on any atom is -0.481 e. The molecule has 0 bridgehead atoms. The van der Waals surface area contributed by atoms with Crippen LogP contribution in [0.1, 0.15) is 19.5 Å². The highest BCUT2D eigenvalue weighted by molar-refractivity contribution is 5.73. The van der Waals surface area contributed by atoms with Gasteiger partial charge in [-0.25, -0.2) is 0 Å². The molecular weight excluding hydrogens is 168 g/mol. The molecule has 70 valence electrons. The second-order valence-electron chi connectivity index (χ2n) is 3.56. The van der Waals surface area contributed by atoms with E-state index < -0.39 is 11.4 Å². The molecule has 0 radical (unpaired) electrons. The largest absolute Gasteiger partial charge is 0.481 e. The summed E-state index contributed by atoms with van der Waals surface area (Å²) in [5.74, 6) is -0.821. The minimum absolute atomic E-state index is 0.399. The van der Waals surface area contributed by atoms with Gasteiger partial charge in [0.15, 0.2) is 0 Å². The van der Waals surface area contributed by atoms with E-state index in [9.17, 15) is 4.79 Å². The van der Waals surface area contributed by atoms with Crippen molar-refractivity contribution in [3.05, 3.63) is 24.3 Å². The van der Waals surface area contributed by atoms with Crippen LogP contribution in [-0.2, 0) is 11.2 Å². The van der Waals surface area contributed by atoms with Crippen LogP contribution in [0.4, 0.5) is 0 Å². The third-order valence-electron chi connectivity index (χ3n) is 1.82. The Hall–Kier alpha value is -1.45. The Morgan fingerprint density at radius 2 is 2.23 bits per heavy atom. The highest BCUT2D eigenvalue weighted by atomic mass is 16.4. The molecule has 0 amide bonds. The van der Waals surface area contributed by atoms with E-state index >= 15 is 0 Å². The van der Waals surface area contributed by atoms with Crippen molar-refractivity contribution >= 4 is 5.97 Å². The standard InChI is InChI=1S/C9H12N2O2/c1-9(2,8(12)13)5-7-6-10-3-4-11-7/h3-4,6H,5H2,1-2H3,(H,12,13). The van der Waals surface area contributed by atoms with E-state index in [1.165, 1.54) is 0 Å². The van der Waals surface area contributed by atoms with Crippen molar-refractivity contribution in [2.45, 2.75) is 20.3 Å². The number of carboxylic acid groups (broad SMARTS) is 1. The van der Waals surface area contributed by atoms with E-state index in [-0.39, 0.29) is 0 Å². The fourth-order valence-corrected chi connectivity index (χ4v) is 0.950. The fourth-order valence-electron chi connectivity index (χ4n) is 0.950. The second kappa shape index (κ2) is 3.51. The number of rotatable bonds is 3. The zero-order valence-corrected chi connectivity index (χ0v) is 7.69. The van der Waals surface area contributed by atoms with Crippen molar-refractivity contribution in [2.75, 3.05) is 0 Å². The van der Waals surface area contributed by atoms with E-state index in [2.05, 4.69) is 9.97 Å². The van der Waals surface area contributed by atoms with Gasteiger partial charge in [-0.3, -0.25) is 14.8 Å². The summed E-state index contributed by atoms with van der Waals surface area (Å²) in [6.45, 7) is 3.34. The van der Waals surface area contributed by atoms with Crippen LogP contribution in [0.25, 0.3) is 0 Å². The van der Waals surface area contributed by atoms with Crippen LogP contribution in [-0.4, -0.2) is 21.0 Å². The Bertz CT molecular complexity index is 296. The third-order valence-corrected chi connectivity index (χ3v) is 1.82. The molecule has 0 saturated heterocycles. The summed E-state index contributed by atoms with van der Waals surface area (Å²) >= 11 is 0. The Labute approximate surface area is 76.7 Å². The summed E-state index contributed by atoms with van der Waals surface area (Å²) in [4.78, 5) is 18.7. The molecule has 13 heavy (non-hydrogen) atoms. The van der Waals surface area contributed by atoms with Gasteiger partial charge in [-0.2, -0.15) is 0 Å². The van der Waals surface area contributed by atoms with Crippen molar-refractivity contribution in [2.24, 2.45) is 5.41 Å². The summed E-state index contributed by atoms with van der Waals surface area (Å²) in [5, 5.41) is 8.85. The lowest BCUT2D eigenvalue weighted by Gasteiger charge is -2.17. The summed E-state index contributed by atoms with van der Waals surface area (Å²) in [6.07, 6.45) is 5.12. The lowest BCUT2D eigenvalue weighted by Crippen LogP contribution is -2.26. The van der Waals surface area contributed by atoms with Crippen LogP contribution >= 0.6 is 0 Å². The van der Waals surface area contributed by atoms with Gasteiger partial charge in [0.1, 0.15) is 0 Å². The molecule has 0 unspecified atom stereocenters. The first kappa shape index (κ1) is 9.64. The Morgan fingerprint density at radius 1 is 1.54 bits per heavy atom. The number of aliphatic carboxylic acids is 1. The van der Waals surface area contributed by atoms with Crippen molar-refractivity contribution in [3.63, 3.8) is 0 Å². The first-order valence-corrected chi connectivity index (χ1v) is 4.01. The number of nitrogens with zero attached hydrogens (tertiary/aromatic N) is 2. The third kappa shape index (κ3) is 2.50. The van der Waals surface area contributed by atoms with Gasteiger partial charge in [-0.1, -0.05) is 0 Å². The molecule has 1 aromatic heterocycles. The van der Waals surface area contributed by atoms with E-state index in [1.807, 2.05) is 0 Å². The number of hydrogen-bond donors (Lipinski definition) is 1. The maximum atomic E-state index is 10.8. The molecular formula is C9H12N2O2.